The van der Waals surface area contributed by atoms with Crippen LogP contribution in [0.4, 0.5) is 0 Å². The predicted molar refractivity (Wildman–Crippen MR) is 53.0 cm³/mol. The van der Waals surface area contributed by atoms with Crippen molar-refractivity contribution in [1.29, 1.82) is 0 Å². The third-order valence-electron chi connectivity index (χ3n) is 1.74. The molecule has 0 aromatic heterocycles. The number of aromatic carboxylic acids is 1. The number of rotatable bonds is 3. The molecular formula is C9H11NaO4. The molecule has 0 aliphatic carbocycles. The van der Waals surface area contributed by atoms with Gasteiger partial charge in [0.15, 0.2) is 0 Å². The Balaban J connectivity index is 0.00000169. The van der Waals surface area contributed by atoms with Crippen LogP contribution in [0.5, 0.6) is 5.75 Å². The first-order valence-corrected chi connectivity index (χ1v) is 3.70. The SMILES string of the molecule is COc1cccc(C(=O)O)c1CO.[NaH]. The number of hydrogen-bond donors (Lipinski definition) is 2. The molecule has 1 aromatic carbocycles. The number of ether oxygens (including phenoxy) is 1. The van der Waals surface area contributed by atoms with E-state index in [4.69, 9.17) is 14.9 Å². The molecule has 4 nitrogen and oxygen atoms in total. The Morgan fingerprint density at radius 2 is 2.14 bits per heavy atom. The van der Waals surface area contributed by atoms with E-state index in [1.165, 1.54) is 13.2 Å². The summed E-state index contributed by atoms with van der Waals surface area (Å²) >= 11 is 0. The van der Waals surface area contributed by atoms with Gasteiger partial charge in [0.2, 0.25) is 0 Å². The van der Waals surface area contributed by atoms with Crippen molar-refractivity contribution in [2.75, 3.05) is 7.11 Å². The van der Waals surface area contributed by atoms with Gasteiger partial charge in [0.05, 0.1) is 19.3 Å². The van der Waals surface area contributed by atoms with E-state index in [0.29, 0.717) is 11.3 Å². The molecule has 1 rings (SSSR count). The quantitative estimate of drug-likeness (QED) is 0.695. The third-order valence-corrected chi connectivity index (χ3v) is 1.74. The van der Waals surface area contributed by atoms with Crippen molar-refractivity contribution in [3.63, 3.8) is 0 Å². The average molecular weight is 206 g/mol. The van der Waals surface area contributed by atoms with E-state index in [0.717, 1.165) is 0 Å². The second kappa shape index (κ2) is 6.03. The number of aliphatic hydroxyl groups is 1. The van der Waals surface area contributed by atoms with Crippen LogP contribution in [0.1, 0.15) is 15.9 Å². The van der Waals surface area contributed by atoms with Crippen LogP contribution in [0, 0.1) is 0 Å². The van der Waals surface area contributed by atoms with Gasteiger partial charge in [-0.15, -0.1) is 0 Å². The number of methoxy groups -OCH3 is 1. The van der Waals surface area contributed by atoms with Crippen LogP contribution >= 0.6 is 0 Å². The van der Waals surface area contributed by atoms with Crippen molar-refractivity contribution >= 4 is 35.5 Å². The molecule has 72 valence electrons. The normalized spacial score (nSPS) is 9.00. The van der Waals surface area contributed by atoms with Crippen molar-refractivity contribution in [2.45, 2.75) is 6.61 Å². The number of carboxylic acid groups (broad SMARTS) is 1. The van der Waals surface area contributed by atoms with Crippen LogP contribution in [-0.4, -0.2) is 52.8 Å². The van der Waals surface area contributed by atoms with Gasteiger partial charge in [0.25, 0.3) is 0 Å². The van der Waals surface area contributed by atoms with Crippen LogP contribution < -0.4 is 4.74 Å². The van der Waals surface area contributed by atoms with Gasteiger partial charge in [-0.1, -0.05) is 6.07 Å². The van der Waals surface area contributed by atoms with E-state index in [-0.39, 0.29) is 41.7 Å². The fraction of sp³-hybridized carbons (Fsp3) is 0.222. The molecule has 0 spiro atoms. The van der Waals surface area contributed by atoms with Gasteiger partial charge in [-0.3, -0.25) is 0 Å². The average Bonchev–Trinajstić information content (AvgIpc) is 2.16. The van der Waals surface area contributed by atoms with Gasteiger partial charge in [0, 0.05) is 5.56 Å². The predicted octanol–water partition coefficient (Wildman–Crippen LogP) is 0.237. The van der Waals surface area contributed by atoms with Gasteiger partial charge >= 0.3 is 35.5 Å². The molecule has 0 radical (unpaired) electrons. The zero-order chi connectivity index (χ0) is 9.84. The zero-order valence-electron chi connectivity index (χ0n) is 7.15. The van der Waals surface area contributed by atoms with E-state index < -0.39 is 5.97 Å². The Bertz CT molecular complexity index is 325. The van der Waals surface area contributed by atoms with Crippen molar-refractivity contribution in [3.8, 4) is 5.75 Å². The summed E-state index contributed by atoms with van der Waals surface area (Å²) in [6, 6.07) is 4.61. The molecule has 0 heterocycles. The van der Waals surface area contributed by atoms with Gasteiger partial charge in [-0.2, -0.15) is 0 Å². The zero-order valence-corrected chi connectivity index (χ0v) is 7.15. The monoisotopic (exact) mass is 206 g/mol. The molecule has 0 saturated carbocycles. The summed E-state index contributed by atoms with van der Waals surface area (Å²) in [6.45, 7) is -0.342. The molecule has 0 fully saturated rings. The maximum atomic E-state index is 10.7. The summed E-state index contributed by atoms with van der Waals surface area (Å²) < 4.78 is 4.90. The number of aliphatic hydroxyl groups excluding tert-OH is 1. The van der Waals surface area contributed by atoms with Gasteiger partial charge < -0.3 is 14.9 Å². The Labute approximate surface area is 104 Å². The fourth-order valence-corrected chi connectivity index (χ4v) is 1.12. The molecule has 0 aliphatic heterocycles. The van der Waals surface area contributed by atoms with Crippen molar-refractivity contribution in [3.05, 3.63) is 29.3 Å². The van der Waals surface area contributed by atoms with Crippen LogP contribution in [0.3, 0.4) is 0 Å². The van der Waals surface area contributed by atoms with E-state index in [9.17, 15) is 4.79 Å². The van der Waals surface area contributed by atoms with Crippen molar-refractivity contribution < 1.29 is 19.7 Å². The molecule has 0 bridgehead atoms. The van der Waals surface area contributed by atoms with Crippen molar-refractivity contribution in [2.24, 2.45) is 0 Å². The Kier molecular flexibility index (Phi) is 5.79. The van der Waals surface area contributed by atoms with Crippen LogP contribution in [0.15, 0.2) is 18.2 Å². The molecule has 5 heteroatoms. The van der Waals surface area contributed by atoms with Gasteiger partial charge in [0.1, 0.15) is 5.75 Å². The van der Waals surface area contributed by atoms with Gasteiger partial charge in [-0.25, -0.2) is 4.79 Å². The summed E-state index contributed by atoms with van der Waals surface area (Å²) in [5, 5.41) is 17.7. The molecule has 1 aromatic rings. The summed E-state index contributed by atoms with van der Waals surface area (Å²) in [6.07, 6.45) is 0. The first kappa shape index (κ1) is 13.4. The number of hydrogen-bond acceptors (Lipinski definition) is 3. The molecule has 14 heavy (non-hydrogen) atoms. The summed E-state index contributed by atoms with van der Waals surface area (Å²) in [4.78, 5) is 10.7. The van der Waals surface area contributed by atoms with Crippen LogP contribution in [0.2, 0.25) is 0 Å². The van der Waals surface area contributed by atoms with Crippen LogP contribution in [0.25, 0.3) is 0 Å². The summed E-state index contributed by atoms with van der Waals surface area (Å²) in [5.41, 5.74) is 0.374. The maximum absolute atomic E-state index is 10.7. The molecule has 0 saturated heterocycles. The standard InChI is InChI=1S/C9H10O4.Na.H/c1-13-8-4-2-3-6(9(11)12)7(8)5-10;;/h2-4,10H,5H2,1H3,(H,11,12);;. The van der Waals surface area contributed by atoms with E-state index >= 15 is 0 Å². The molecule has 2 N–H and O–H groups in total. The number of carboxylic acids is 1. The molecule has 0 aliphatic rings. The van der Waals surface area contributed by atoms with E-state index in [1.807, 2.05) is 0 Å². The summed E-state index contributed by atoms with van der Waals surface area (Å²) in [7, 11) is 1.43. The van der Waals surface area contributed by atoms with Gasteiger partial charge in [-0.05, 0) is 12.1 Å². The topological polar surface area (TPSA) is 66.8 Å². The Morgan fingerprint density at radius 1 is 1.50 bits per heavy atom. The first-order chi connectivity index (χ1) is 6.20. The van der Waals surface area contributed by atoms with E-state index in [2.05, 4.69) is 0 Å². The molecule has 0 unspecified atom stereocenters. The first-order valence-electron chi connectivity index (χ1n) is 3.70. The Morgan fingerprint density at radius 3 is 2.57 bits per heavy atom. The second-order valence-corrected chi connectivity index (χ2v) is 2.45. The molecule has 0 amide bonds. The third kappa shape index (κ3) is 2.72. The fourth-order valence-electron chi connectivity index (χ4n) is 1.12. The number of benzene rings is 1. The second-order valence-electron chi connectivity index (χ2n) is 2.45. The number of carbonyl (C=O) groups is 1. The molecular weight excluding hydrogens is 195 g/mol. The summed E-state index contributed by atoms with van der Waals surface area (Å²) in [5.74, 6) is -0.676. The minimum atomic E-state index is -1.07. The Hall–Kier alpha value is -0.550. The van der Waals surface area contributed by atoms with E-state index in [1.54, 1.807) is 12.1 Å². The van der Waals surface area contributed by atoms with Crippen molar-refractivity contribution in [1.82, 2.24) is 0 Å². The molecule has 0 atom stereocenters. The minimum absolute atomic E-state index is 0. The van der Waals surface area contributed by atoms with Crippen LogP contribution in [-0.2, 0) is 6.61 Å².